The molecule has 6 nitrogen and oxygen atoms in total. The predicted molar refractivity (Wildman–Crippen MR) is 119 cm³/mol. The van der Waals surface area contributed by atoms with Crippen LogP contribution in [0.5, 0.6) is 5.75 Å². The van der Waals surface area contributed by atoms with Crippen LogP contribution < -0.4 is 10.1 Å². The number of methoxy groups -OCH3 is 1. The van der Waals surface area contributed by atoms with E-state index >= 15 is 0 Å². The molecule has 154 valence electrons. The number of anilines is 2. The smallest absolute Gasteiger partial charge is 0.257 e. The molecule has 1 saturated heterocycles. The zero-order valence-corrected chi connectivity index (χ0v) is 18.0. The second kappa shape index (κ2) is 8.93. The van der Waals surface area contributed by atoms with Crippen LogP contribution in [0.15, 0.2) is 36.7 Å². The summed E-state index contributed by atoms with van der Waals surface area (Å²) in [4.78, 5) is 19.6. The fourth-order valence-electron chi connectivity index (χ4n) is 3.74. The number of likely N-dealkylation sites (tertiary alicyclic amines) is 1. The van der Waals surface area contributed by atoms with Crippen LogP contribution in [0, 0.1) is 0 Å². The summed E-state index contributed by atoms with van der Waals surface area (Å²) in [5.74, 6) is 1.38. The molecule has 0 radical (unpaired) electrons. The molecule has 1 aromatic carbocycles. The highest BCUT2D eigenvalue weighted by Gasteiger charge is 2.23. The van der Waals surface area contributed by atoms with Crippen LogP contribution in [0.3, 0.4) is 0 Å². The first-order chi connectivity index (χ1) is 13.6. The molecule has 1 amide bonds. The van der Waals surface area contributed by atoms with Gasteiger partial charge in [0, 0.05) is 42.9 Å². The Labute approximate surface area is 181 Å². The molecule has 8 heteroatoms. The van der Waals surface area contributed by atoms with E-state index in [1.807, 2.05) is 28.8 Å². The second-order valence-electron chi connectivity index (χ2n) is 7.03. The Hall–Kier alpha value is -2.44. The highest BCUT2D eigenvalue weighted by atomic mass is 35.5. The van der Waals surface area contributed by atoms with Gasteiger partial charge in [-0.2, -0.15) is 0 Å². The normalized spacial score (nSPS) is 13.8. The highest BCUT2D eigenvalue weighted by Crippen LogP contribution is 2.34. The molecule has 0 bridgehead atoms. The van der Waals surface area contributed by atoms with Gasteiger partial charge in [-0.25, -0.2) is 4.98 Å². The van der Waals surface area contributed by atoms with E-state index < -0.39 is 0 Å². The quantitative estimate of drug-likeness (QED) is 0.625. The van der Waals surface area contributed by atoms with Crippen LogP contribution in [0.2, 0.25) is 5.02 Å². The number of fused-ring (bicyclic) bond motifs is 1. The number of carbonyl (C=O) groups excluding carboxylic acids is 1. The monoisotopic (exact) mass is 434 g/mol. The molecule has 1 fully saturated rings. The fraction of sp³-hybridized carbons (Fsp3) is 0.333. The largest absolute Gasteiger partial charge is 0.495 e. The van der Waals surface area contributed by atoms with Gasteiger partial charge in [0.15, 0.2) is 0 Å². The molecule has 0 aliphatic carbocycles. The summed E-state index contributed by atoms with van der Waals surface area (Å²) in [7, 11) is 3.55. The number of carbonyl (C=O) groups is 1. The number of ether oxygens (including phenoxy) is 1. The van der Waals surface area contributed by atoms with Crippen LogP contribution in [0.4, 0.5) is 11.5 Å². The van der Waals surface area contributed by atoms with Crippen LogP contribution in [0.25, 0.3) is 10.9 Å². The summed E-state index contributed by atoms with van der Waals surface area (Å²) in [5, 5.41) is 4.79. The third-order valence-corrected chi connectivity index (χ3v) is 5.43. The number of aryl methyl sites for hydroxylation is 1. The number of aromatic nitrogens is 2. The first-order valence-electron chi connectivity index (χ1n) is 9.42. The maximum atomic E-state index is 13.1. The van der Waals surface area contributed by atoms with Crippen molar-refractivity contribution in [1.29, 1.82) is 0 Å². The van der Waals surface area contributed by atoms with Gasteiger partial charge in [0.05, 0.1) is 23.9 Å². The topological polar surface area (TPSA) is 59.4 Å². The van der Waals surface area contributed by atoms with Gasteiger partial charge < -0.3 is 19.5 Å². The number of pyridine rings is 1. The van der Waals surface area contributed by atoms with E-state index in [0.717, 1.165) is 42.5 Å². The van der Waals surface area contributed by atoms with E-state index in [-0.39, 0.29) is 18.3 Å². The van der Waals surface area contributed by atoms with Gasteiger partial charge in [-0.05, 0) is 43.5 Å². The molecule has 29 heavy (non-hydrogen) atoms. The molecule has 1 aliphatic rings. The molecule has 2 aromatic heterocycles. The van der Waals surface area contributed by atoms with E-state index in [9.17, 15) is 4.79 Å². The molecule has 0 atom stereocenters. The van der Waals surface area contributed by atoms with Crippen molar-refractivity contribution in [2.75, 3.05) is 25.5 Å². The zero-order valence-electron chi connectivity index (χ0n) is 16.4. The van der Waals surface area contributed by atoms with Gasteiger partial charge in [-0.3, -0.25) is 4.79 Å². The van der Waals surface area contributed by atoms with Gasteiger partial charge in [0.2, 0.25) is 0 Å². The minimum absolute atomic E-state index is 0. The molecular weight excluding hydrogens is 411 g/mol. The number of halogens is 2. The van der Waals surface area contributed by atoms with Crippen molar-refractivity contribution < 1.29 is 9.53 Å². The Morgan fingerprint density at radius 3 is 2.69 bits per heavy atom. The Morgan fingerprint density at radius 1 is 1.21 bits per heavy atom. The number of hydrogen-bond donors (Lipinski definition) is 1. The lowest BCUT2D eigenvalue weighted by Crippen LogP contribution is -2.35. The van der Waals surface area contributed by atoms with E-state index in [1.165, 1.54) is 6.42 Å². The predicted octanol–water partition coefficient (Wildman–Crippen LogP) is 5.03. The van der Waals surface area contributed by atoms with Crippen molar-refractivity contribution in [2.45, 2.75) is 19.3 Å². The first-order valence-corrected chi connectivity index (χ1v) is 9.80. The van der Waals surface area contributed by atoms with Crippen molar-refractivity contribution >= 4 is 52.3 Å². The Bertz CT molecular complexity index is 1030. The maximum absolute atomic E-state index is 13.1. The summed E-state index contributed by atoms with van der Waals surface area (Å²) in [5.41, 5.74) is 2.23. The van der Waals surface area contributed by atoms with Gasteiger partial charge in [0.1, 0.15) is 11.6 Å². The molecule has 4 rings (SSSR count). The molecule has 3 aromatic rings. The number of nitrogens with zero attached hydrogens (tertiary/aromatic N) is 3. The third kappa shape index (κ3) is 4.14. The maximum Gasteiger partial charge on any atom is 0.257 e. The van der Waals surface area contributed by atoms with Crippen LogP contribution in [-0.2, 0) is 7.05 Å². The van der Waals surface area contributed by atoms with Crippen LogP contribution in [0.1, 0.15) is 29.6 Å². The van der Waals surface area contributed by atoms with Gasteiger partial charge in [-0.1, -0.05) is 11.6 Å². The summed E-state index contributed by atoms with van der Waals surface area (Å²) in [6, 6.07) is 7.34. The van der Waals surface area contributed by atoms with Gasteiger partial charge in [-0.15, -0.1) is 12.4 Å². The molecule has 0 spiro atoms. The average molecular weight is 435 g/mol. The number of amides is 1. The summed E-state index contributed by atoms with van der Waals surface area (Å²) in [6.45, 7) is 1.62. The lowest BCUT2D eigenvalue weighted by Gasteiger charge is -2.27. The fourth-order valence-corrected chi connectivity index (χ4v) is 3.92. The summed E-state index contributed by atoms with van der Waals surface area (Å²) >= 11 is 6.14. The average Bonchev–Trinajstić information content (AvgIpc) is 3.11. The minimum atomic E-state index is 0. The molecule has 1 aliphatic heterocycles. The molecule has 1 N–H and O–H groups in total. The molecule has 0 saturated carbocycles. The summed E-state index contributed by atoms with van der Waals surface area (Å²) < 4.78 is 7.38. The molecule has 0 unspecified atom stereocenters. The van der Waals surface area contributed by atoms with Crippen molar-refractivity contribution in [2.24, 2.45) is 7.05 Å². The zero-order chi connectivity index (χ0) is 19.7. The lowest BCUT2D eigenvalue weighted by atomic mass is 10.1. The van der Waals surface area contributed by atoms with Gasteiger partial charge >= 0.3 is 0 Å². The van der Waals surface area contributed by atoms with Crippen molar-refractivity contribution in [3.05, 3.63) is 47.2 Å². The molecule has 3 heterocycles. The van der Waals surface area contributed by atoms with Crippen molar-refractivity contribution in [3.8, 4) is 5.75 Å². The number of hydrogen-bond acceptors (Lipinski definition) is 4. The van der Waals surface area contributed by atoms with E-state index in [1.54, 1.807) is 31.5 Å². The Balaban J connectivity index is 0.00000240. The van der Waals surface area contributed by atoms with Crippen LogP contribution >= 0.6 is 24.0 Å². The Kier molecular flexibility index (Phi) is 6.55. The highest BCUT2D eigenvalue weighted by molar-refractivity contribution is 6.31. The van der Waals surface area contributed by atoms with E-state index in [4.69, 9.17) is 16.3 Å². The first kappa shape index (κ1) is 21.3. The number of nitrogens with one attached hydrogen (secondary N) is 1. The van der Waals surface area contributed by atoms with Crippen molar-refractivity contribution in [3.63, 3.8) is 0 Å². The van der Waals surface area contributed by atoms with Crippen LogP contribution in [-0.4, -0.2) is 40.6 Å². The number of piperidine rings is 1. The number of benzene rings is 1. The second-order valence-corrected chi connectivity index (χ2v) is 7.47. The van der Waals surface area contributed by atoms with E-state index in [0.29, 0.717) is 22.2 Å². The minimum Gasteiger partial charge on any atom is -0.495 e. The van der Waals surface area contributed by atoms with Gasteiger partial charge in [0.25, 0.3) is 5.91 Å². The number of rotatable bonds is 4. The standard InChI is InChI=1S/C21H23ClN4O2.ClH/c1-25-11-8-15-19(25)16(21(27)26-9-4-3-5-10-26)13-23-20(15)24-17-12-14(22)6-7-18(17)28-2;/h6-8,11-13H,3-5,9-10H2,1-2H3,(H,23,24);1H. The van der Waals surface area contributed by atoms with E-state index in [2.05, 4.69) is 10.3 Å². The Morgan fingerprint density at radius 2 is 1.97 bits per heavy atom. The third-order valence-electron chi connectivity index (χ3n) is 5.19. The van der Waals surface area contributed by atoms with Crippen molar-refractivity contribution in [1.82, 2.24) is 14.5 Å². The lowest BCUT2D eigenvalue weighted by molar-refractivity contribution is 0.0725. The molecular formula is C21H24Cl2N4O2. The SMILES string of the molecule is COc1ccc(Cl)cc1Nc1ncc(C(=O)N2CCCCC2)c2c1ccn2C.Cl. The summed E-state index contributed by atoms with van der Waals surface area (Å²) in [6.07, 6.45) is 6.91.